The van der Waals surface area contributed by atoms with E-state index in [1.807, 2.05) is 12.5 Å². The van der Waals surface area contributed by atoms with Crippen LogP contribution < -0.4 is 5.73 Å². The first-order valence-electron chi connectivity index (χ1n) is 4.91. The molecule has 0 bridgehead atoms. The van der Waals surface area contributed by atoms with E-state index in [0.717, 1.165) is 18.5 Å². The first kappa shape index (κ1) is 9.21. The van der Waals surface area contributed by atoms with Gasteiger partial charge in [-0.1, -0.05) is 13.0 Å². The van der Waals surface area contributed by atoms with Crippen LogP contribution in [0.25, 0.3) is 5.52 Å². The lowest BCUT2D eigenvalue weighted by Crippen LogP contribution is -2.14. The monoisotopic (exact) mass is 189 g/mol. The highest BCUT2D eigenvalue weighted by atomic mass is 15.0. The summed E-state index contributed by atoms with van der Waals surface area (Å²) >= 11 is 0. The molecule has 3 nitrogen and oxygen atoms in total. The third kappa shape index (κ3) is 1.63. The molecule has 0 radical (unpaired) electrons. The predicted octanol–water partition coefficient (Wildman–Crippen LogP) is 1.47. The molecule has 3 heteroatoms. The molecule has 14 heavy (non-hydrogen) atoms. The average Bonchev–Trinajstić information content (AvgIpc) is 2.66. The lowest BCUT2D eigenvalue weighted by atomic mass is 10.1. The molecule has 2 heterocycles. The molecular weight excluding hydrogens is 174 g/mol. The zero-order valence-corrected chi connectivity index (χ0v) is 8.35. The fourth-order valence-electron chi connectivity index (χ4n) is 1.61. The molecule has 1 atom stereocenters. The summed E-state index contributed by atoms with van der Waals surface area (Å²) in [4.78, 5) is 4.13. The highest BCUT2D eigenvalue weighted by Crippen LogP contribution is 2.10. The van der Waals surface area contributed by atoms with Gasteiger partial charge < -0.3 is 10.1 Å². The molecule has 1 unspecified atom stereocenters. The molecule has 0 saturated heterocycles. The van der Waals surface area contributed by atoms with Gasteiger partial charge in [0.05, 0.1) is 18.0 Å². The van der Waals surface area contributed by atoms with Gasteiger partial charge in [0.25, 0.3) is 0 Å². The van der Waals surface area contributed by atoms with E-state index in [2.05, 4.69) is 34.5 Å². The van der Waals surface area contributed by atoms with Crippen molar-refractivity contribution in [3.63, 3.8) is 0 Å². The summed E-state index contributed by atoms with van der Waals surface area (Å²) in [5.74, 6) is 0.517. The Balaban J connectivity index is 2.36. The Hall–Kier alpha value is -1.35. The van der Waals surface area contributed by atoms with Crippen LogP contribution in [0.2, 0.25) is 0 Å². The van der Waals surface area contributed by atoms with Crippen LogP contribution in [-0.4, -0.2) is 15.9 Å². The molecule has 0 aliphatic carbocycles. The number of pyridine rings is 1. The van der Waals surface area contributed by atoms with Crippen LogP contribution in [-0.2, 0) is 6.42 Å². The van der Waals surface area contributed by atoms with E-state index in [4.69, 9.17) is 5.73 Å². The van der Waals surface area contributed by atoms with Crippen LogP contribution in [0.15, 0.2) is 30.7 Å². The van der Waals surface area contributed by atoms with Gasteiger partial charge >= 0.3 is 0 Å². The normalized spacial score (nSPS) is 13.3. The molecule has 2 aromatic rings. The number of rotatable bonds is 3. The van der Waals surface area contributed by atoms with E-state index in [1.165, 1.54) is 5.69 Å². The molecule has 0 fully saturated rings. The quantitative estimate of drug-likeness (QED) is 0.794. The third-order valence-corrected chi connectivity index (χ3v) is 2.49. The van der Waals surface area contributed by atoms with Gasteiger partial charge in [-0.2, -0.15) is 0 Å². The molecule has 0 aliphatic heterocycles. The number of imidazole rings is 1. The lowest BCUT2D eigenvalue weighted by Gasteiger charge is -2.10. The SMILES string of the molecule is CC(CN)Cc1cccc2cncn12. The highest BCUT2D eigenvalue weighted by molar-refractivity contribution is 5.45. The summed E-state index contributed by atoms with van der Waals surface area (Å²) in [6.45, 7) is 2.89. The van der Waals surface area contributed by atoms with Crippen molar-refractivity contribution in [2.45, 2.75) is 13.3 Å². The molecular formula is C11H15N3. The molecule has 0 saturated carbocycles. The Morgan fingerprint density at radius 1 is 1.50 bits per heavy atom. The third-order valence-electron chi connectivity index (χ3n) is 2.49. The molecule has 2 N–H and O–H groups in total. The molecule has 74 valence electrons. The van der Waals surface area contributed by atoms with Crippen LogP contribution >= 0.6 is 0 Å². The first-order valence-corrected chi connectivity index (χ1v) is 4.91. The average molecular weight is 189 g/mol. The van der Waals surface area contributed by atoms with Crippen molar-refractivity contribution >= 4 is 5.52 Å². The molecule has 0 spiro atoms. The van der Waals surface area contributed by atoms with Gasteiger partial charge in [-0.25, -0.2) is 4.98 Å². The van der Waals surface area contributed by atoms with E-state index < -0.39 is 0 Å². The Kier molecular flexibility index (Phi) is 2.50. The van der Waals surface area contributed by atoms with E-state index in [9.17, 15) is 0 Å². The number of fused-ring (bicyclic) bond motifs is 1. The van der Waals surface area contributed by atoms with E-state index in [0.29, 0.717) is 5.92 Å². The summed E-state index contributed by atoms with van der Waals surface area (Å²) in [6.07, 6.45) is 4.73. The highest BCUT2D eigenvalue weighted by Gasteiger charge is 2.04. The van der Waals surface area contributed by atoms with Gasteiger partial charge in [0, 0.05) is 5.69 Å². The molecule has 0 amide bonds. The van der Waals surface area contributed by atoms with E-state index >= 15 is 0 Å². The fourth-order valence-corrected chi connectivity index (χ4v) is 1.61. The topological polar surface area (TPSA) is 43.3 Å². The molecule has 2 aromatic heterocycles. The van der Waals surface area contributed by atoms with Crippen molar-refractivity contribution in [3.8, 4) is 0 Å². The second kappa shape index (κ2) is 3.80. The fraction of sp³-hybridized carbons (Fsp3) is 0.364. The van der Waals surface area contributed by atoms with Crippen LogP contribution in [0.1, 0.15) is 12.6 Å². The summed E-state index contributed by atoms with van der Waals surface area (Å²) in [5.41, 5.74) is 8.04. The van der Waals surface area contributed by atoms with Crippen molar-refractivity contribution in [1.82, 2.24) is 9.38 Å². The van der Waals surface area contributed by atoms with Crippen molar-refractivity contribution < 1.29 is 0 Å². The van der Waals surface area contributed by atoms with Gasteiger partial charge in [0.15, 0.2) is 0 Å². The Bertz CT molecular complexity index is 419. The van der Waals surface area contributed by atoms with Crippen molar-refractivity contribution in [2.24, 2.45) is 11.7 Å². The van der Waals surface area contributed by atoms with Crippen molar-refractivity contribution in [1.29, 1.82) is 0 Å². The van der Waals surface area contributed by atoms with Crippen molar-refractivity contribution in [3.05, 3.63) is 36.4 Å². The molecule has 2 rings (SSSR count). The summed E-state index contributed by atoms with van der Waals surface area (Å²) in [5, 5.41) is 0. The second-order valence-corrected chi connectivity index (χ2v) is 3.75. The van der Waals surface area contributed by atoms with E-state index in [1.54, 1.807) is 0 Å². The van der Waals surface area contributed by atoms with Gasteiger partial charge in [-0.15, -0.1) is 0 Å². The standard InChI is InChI=1S/C11H15N3/c1-9(6-12)5-10-3-2-4-11-7-13-8-14(10)11/h2-4,7-9H,5-6,12H2,1H3. The predicted molar refractivity (Wildman–Crippen MR) is 57.1 cm³/mol. The maximum absolute atomic E-state index is 5.61. The van der Waals surface area contributed by atoms with Gasteiger partial charge in [-0.3, -0.25) is 0 Å². The summed E-state index contributed by atoms with van der Waals surface area (Å²) < 4.78 is 2.12. The smallest absolute Gasteiger partial charge is 0.0994 e. The zero-order chi connectivity index (χ0) is 9.97. The lowest BCUT2D eigenvalue weighted by molar-refractivity contribution is 0.580. The minimum absolute atomic E-state index is 0.517. The Morgan fingerprint density at radius 3 is 3.14 bits per heavy atom. The number of nitrogens with two attached hydrogens (primary N) is 1. The van der Waals surface area contributed by atoms with Gasteiger partial charge in [0.2, 0.25) is 0 Å². The summed E-state index contributed by atoms with van der Waals surface area (Å²) in [7, 11) is 0. The second-order valence-electron chi connectivity index (χ2n) is 3.75. The Labute approximate surface area is 83.6 Å². The van der Waals surface area contributed by atoms with Crippen molar-refractivity contribution in [2.75, 3.05) is 6.54 Å². The first-order chi connectivity index (χ1) is 6.81. The number of hydrogen-bond donors (Lipinski definition) is 1. The van der Waals surface area contributed by atoms with Crippen LogP contribution in [0, 0.1) is 5.92 Å². The van der Waals surface area contributed by atoms with Crippen LogP contribution in [0.3, 0.4) is 0 Å². The van der Waals surface area contributed by atoms with E-state index in [-0.39, 0.29) is 0 Å². The maximum Gasteiger partial charge on any atom is 0.0994 e. The maximum atomic E-state index is 5.61. The Morgan fingerprint density at radius 2 is 2.36 bits per heavy atom. The van der Waals surface area contributed by atoms with Gasteiger partial charge in [0.1, 0.15) is 0 Å². The minimum atomic E-state index is 0.517. The number of aromatic nitrogens is 2. The van der Waals surface area contributed by atoms with Gasteiger partial charge in [-0.05, 0) is 31.0 Å². The molecule has 0 aromatic carbocycles. The number of hydrogen-bond acceptors (Lipinski definition) is 2. The summed E-state index contributed by atoms with van der Waals surface area (Å²) in [6, 6.07) is 6.25. The van der Waals surface area contributed by atoms with Crippen LogP contribution in [0.5, 0.6) is 0 Å². The molecule has 0 aliphatic rings. The number of nitrogens with zero attached hydrogens (tertiary/aromatic N) is 2. The largest absolute Gasteiger partial charge is 0.330 e. The minimum Gasteiger partial charge on any atom is -0.330 e. The zero-order valence-electron chi connectivity index (χ0n) is 8.35. The van der Waals surface area contributed by atoms with Crippen LogP contribution in [0.4, 0.5) is 0 Å².